The van der Waals surface area contributed by atoms with Gasteiger partial charge in [-0.25, -0.2) is 23.6 Å². The Hall–Kier alpha value is -5.32. The Labute approximate surface area is 221 Å². The maximum Gasteiger partial charge on any atom is 0.340 e. The summed E-state index contributed by atoms with van der Waals surface area (Å²) in [5.74, 6) is -2.79. The Kier molecular flexibility index (Phi) is 6.87. The molecule has 0 unspecified atom stereocenters. The van der Waals surface area contributed by atoms with Crippen molar-refractivity contribution in [2.24, 2.45) is 0 Å². The van der Waals surface area contributed by atoms with Crippen LogP contribution in [0.15, 0.2) is 72.9 Å². The van der Waals surface area contributed by atoms with Gasteiger partial charge in [0.25, 0.3) is 5.91 Å². The number of carboxylic acid groups (broad SMARTS) is 1. The Balaban J connectivity index is 1.29. The molecule has 3 heterocycles. The molecule has 10 nitrogen and oxygen atoms in total. The third-order valence-electron chi connectivity index (χ3n) is 6.20. The van der Waals surface area contributed by atoms with Crippen molar-refractivity contribution in [3.63, 3.8) is 0 Å². The van der Waals surface area contributed by atoms with Crippen LogP contribution in [0.3, 0.4) is 0 Å². The summed E-state index contributed by atoms with van der Waals surface area (Å²) in [6.07, 6.45) is 1.58. The van der Waals surface area contributed by atoms with Crippen molar-refractivity contribution in [1.82, 2.24) is 25.1 Å². The molecule has 1 amide bonds. The number of benzene rings is 2. The highest BCUT2D eigenvalue weighted by Gasteiger charge is 2.19. The van der Waals surface area contributed by atoms with Crippen LogP contribution in [0, 0.1) is 12.7 Å². The van der Waals surface area contributed by atoms with E-state index in [-0.39, 0.29) is 30.1 Å². The van der Waals surface area contributed by atoms with Gasteiger partial charge in [-0.3, -0.25) is 4.79 Å². The molecule has 0 saturated carbocycles. The number of carboxylic acids is 1. The van der Waals surface area contributed by atoms with Crippen LogP contribution in [-0.2, 0) is 18.0 Å². The first kappa shape index (κ1) is 25.3. The number of halogens is 1. The Bertz CT molecular complexity index is 1720. The van der Waals surface area contributed by atoms with Gasteiger partial charge in [0, 0.05) is 28.8 Å². The number of fused-ring (bicyclic) bond motifs is 1. The lowest BCUT2D eigenvalue weighted by Gasteiger charge is -2.09. The molecule has 0 fully saturated rings. The van der Waals surface area contributed by atoms with Crippen molar-refractivity contribution < 1.29 is 28.6 Å². The maximum absolute atomic E-state index is 13.8. The van der Waals surface area contributed by atoms with Crippen LogP contribution < -0.4 is 5.32 Å². The van der Waals surface area contributed by atoms with Gasteiger partial charge in [0.1, 0.15) is 17.2 Å². The summed E-state index contributed by atoms with van der Waals surface area (Å²) in [5, 5.41) is 17.0. The molecule has 0 aliphatic heterocycles. The van der Waals surface area contributed by atoms with Crippen molar-refractivity contribution in [2.75, 3.05) is 0 Å². The molecule has 0 aliphatic carbocycles. The fourth-order valence-corrected chi connectivity index (χ4v) is 4.06. The standard InChI is InChI=1S/C28H22FN5O5/c1-16-21(14-31-34(16)15-39-28(38)20-8-4-3-7-19(20)27(36)37)23-11-10-17-12-24(33-25(17)32-23)26(35)30-13-18-6-2-5-9-22(18)29/h2-12,14H,13,15H2,1H3,(H,30,35)(H,32,33)(H,36,37). The second kappa shape index (κ2) is 10.6. The number of carbonyl (C=O) groups is 3. The number of H-pyrrole nitrogens is 1. The number of pyridine rings is 1. The van der Waals surface area contributed by atoms with Crippen molar-refractivity contribution >= 4 is 28.9 Å². The number of esters is 1. The lowest BCUT2D eigenvalue weighted by Crippen LogP contribution is -2.23. The smallest absolute Gasteiger partial charge is 0.340 e. The minimum Gasteiger partial charge on any atom is -0.478 e. The molecule has 2 aromatic carbocycles. The minimum atomic E-state index is -1.23. The average Bonchev–Trinajstić information content (AvgIpc) is 3.53. The fraction of sp³-hybridized carbons (Fsp3) is 0.107. The van der Waals surface area contributed by atoms with Gasteiger partial charge in [0.05, 0.1) is 23.0 Å². The highest BCUT2D eigenvalue weighted by Crippen LogP contribution is 2.24. The molecular weight excluding hydrogens is 505 g/mol. The van der Waals surface area contributed by atoms with E-state index in [1.165, 1.54) is 28.9 Å². The quantitative estimate of drug-likeness (QED) is 0.256. The first-order valence-corrected chi connectivity index (χ1v) is 11.9. The fourth-order valence-electron chi connectivity index (χ4n) is 4.06. The van der Waals surface area contributed by atoms with E-state index in [4.69, 9.17) is 4.74 Å². The molecule has 3 aromatic heterocycles. The van der Waals surface area contributed by atoms with Crippen molar-refractivity contribution in [3.05, 3.63) is 107 Å². The number of hydrogen-bond acceptors (Lipinski definition) is 6. The van der Waals surface area contributed by atoms with Crippen molar-refractivity contribution in [1.29, 1.82) is 0 Å². The molecular formula is C28H22FN5O5. The number of nitrogens with zero attached hydrogens (tertiary/aromatic N) is 3. The normalized spacial score (nSPS) is 10.9. The predicted octanol–water partition coefficient (Wildman–Crippen LogP) is 4.32. The second-order valence-corrected chi connectivity index (χ2v) is 8.65. The van der Waals surface area contributed by atoms with Crippen LogP contribution in [0.2, 0.25) is 0 Å². The lowest BCUT2D eigenvalue weighted by atomic mass is 10.1. The summed E-state index contributed by atoms with van der Waals surface area (Å²) in [7, 11) is 0. The summed E-state index contributed by atoms with van der Waals surface area (Å²) < 4.78 is 20.6. The Morgan fingerprint density at radius 2 is 1.79 bits per heavy atom. The number of hydrogen-bond donors (Lipinski definition) is 3. The number of aromatic nitrogens is 4. The zero-order chi connectivity index (χ0) is 27.5. The van der Waals surface area contributed by atoms with Crippen LogP contribution >= 0.6 is 0 Å². The van der Waals surface area contributed by atoms with E-state index < -0.39 is 23.7 Å². The topological polar surface area (TPSA) is 139 Å². The van der Waals surface area contributed by atoms with E-state index in [0.717, 1.165) is 0 Å². The van der Waals surface area contributed by atoms with Gasteiger partial charge in [-0.2, -0.15) is 5.10 Å². The SMILES string of the molecule is Cc1c(-c2ccc3cc(C(=O)NCc4ccccc4F)[nH]c3n2)cnn1COC(=O)c1ccccc1C(=O)O. The van der Waals surface area contributed by atoms with Gasteiger partial charge in [-0.05, 0) is 43.3 Å². The molecule has 39 heavy (non-hydrogen) atoms. The van der Waals surface area contributed by atoms with Gasteiger partial charge in [-0.1, -0.05) is 30.3 Å². The molecule has 11 heteroatoms. The minimum absolute atomic E-state index is 0.0460. The molecule has 0 bridgehead atoms. The third kappa shape index (κ3) is 5.23. The molecule has 0 atom stereocenters. The van der Waals surface area contributed by atoms with E-state index in [1.54, 1.807) is 55.6 Å². The molecule has 196 valence electrons. The summed E-state index contributed by atoms with van der Waals surface area (Å²) in [6.45, 7) is 1.60. The number of rotatable bonds is 8. The van der Waals surface area contributed by atoms with Crippen LogP contribution in [0.1, 0.15) is 42.5 Å². The van der Waals surface area contributed by atoms with Crippen molar-refractivity contribution in [3.8, 4) is 11.3 Å². The van der Waals surface area contributed by atoms with E-state index in [0.29, 0.717) is 33.5 Å². The van der Waals surface area contributed by atoms with Crippen LogP contribution in [0.4, 0.5) is 4.39 Å². The zero-order valence-electron chi connectivity index (χ0n) is 20.6. The van der Waals surface area contributed by atoms with Gasteiger partial charge < -0.3 is 20.1 Å². The summed E-state index contributed by atoms with van der Waals surface area (Å²) in [5.41, 5.74) is 2.86. The van der Waals surface area contributed by atoms with Crippen LogP contribution in [-0.4, -0.2) is 42.7 Å². The van der Waals surface area contributed by atoms with Crippen molar-refractivity contribution in [2.45, 2.75) is 20.2 Å². The number of aromatic carboxylic acids is 1. The van der Waals surface area contributed by atoms with Gasteiger partial charge in [-0.15, -0.1) is 0 Å². The first-order chi connectivity index (χ1) is 18.8. The number of amides is 1. The number of aromatic amines is 1. The Morgan fingerprint density at radius 3 is 2.56 bits per heavy atom. The van der Waals surface area contributed by atoms with E-state index in [1.807, 2.05) is 0 Å². The average molecular weight is 528 g/mol. The summed E-state index contributed by atoms with van der Waals surface area (Å²) >= 11 is 0. The predicted molar refractivity (Wildman–Crippen MR) is 138 cm³/mol. The molecule has 5 aromatic rings. The molecule has 0 aliphatic rings. The monoisotopic (exact) mass is 527 g/mol. The Morgan fingerprint density at radius 1 is 1.05 bits per heavy atom. The van der Waals surface area contributed by atoms with Gasteiger partial charge in [0.2, 0.25) is 0 Å². The second-order valence-electron chi connectivity index (χ2n) is 8.65. The highest BCUT2D eigenvalue weighted by atomic mass is 19.1. The molecule has 5 rings (SSSR count). The molecule has 3 N–H and O–H groups in total. The summed E-state index contributed by atoms with van der Waals surface area (Å²) in [4.78, 5) is 44.1. The van der Waals surface area contributed by atoms with Gasteiger partial charge >= 0.3 is 11.9 Å². The zero-order valence-corrected chi connectivity index (χ0v) is 20.6. The summed E-state index contributed by atoms with van der Waals surface area (Å²) in [6, 6.07) is 17.3. The largest absolute Gasteiger partial charge is 0.478 e. The maximum atomic E-state index is 13.8. The van der Waals surface area contributed by atoms with Crippen LogP contribution in [0.5, 0.6) is 0 Å². The third-order valence-corrected chi connectivity index (χ3v) is 6.20. The number of ether oxygens (including phenoxy) is 1. The highest BCUT2D eigenvalue weighted by molar-refractivity contribution is 6.02. The van der Waals surface area contributed by atoms with E-state index >= 15 is 0 Å². The number of carbonyl (C=O) groups excluding carboxylic acids is 2. The molecule has 0 radical (unpaired) electrons. The lowest BCUT2D eigenvalue weighted by molar-refractivity contribution is 0.0340. The van der Waals surface area contributed by atoms with E-state index in [9.17, 15) is 23.9 Å². The first-order valence-electron chi connectivity index (χ1n) is 11.9. The molecule has 0 saturated heterocycles. The van der Waals surface area contributed by atoms with Gasteiger partial charge in [0.15, 0.2) is 6.73 Å². The molecule has 0 spiro atoms. The van der Waals surface area contributed by atoms with Crippen LogP contribution in [0.25, 0.3) is 22.3 Å². The van der Waals surface area contributed by atoms with E-state index in [2.05, 4.69) is 20.4 Å². The number of nitrogens with one attached hydrogen (secondary N) is 2.